The standard InChI is InChI=1S/C17H23N3O3S2/c1-4-20(13(2)3)15-9-7-14(8-10-15)19-16(21)12-18-25(22,23)17-6-5-11-24-17/h5-11,13,18H,4,12H2,1-3H3,(H,19,21). The number of nitrogens with zero attached hydrogens (tertiary/aromatic N) is 1. The summed E-state index contributed by atoms with van der Waals surface area (Å²) in [6.45, 7) is 6.93. The van der Waals surface area contributed by atoms with Gasteiger partial charge in [0, 0.05) is 24.0 Å². The summed E-state index contributed by atoms with van der Waals surface area (Å²) in [7, 11) is -3.63. The van der Waals surface area contributed by atoms with Crippen LogP contribution < -0.4 is 14.9 Å². The fourth-order valence-electron chi connectivity index (χ4n) is 2.44. The van der Waals surface area contributed by atoms with E-state index in [0.717, 1.165) is 23.6 Å². The Kier molecular flexibility index (Phi) is 6.57. The van der Waals surface area contributed by atoms with Crippen molar-refractivity contribution in [1.82, 2.24) is 4.72 Å². The third-order valence-electron chi connectivity index (χ3n) is 3.63. The van der Waals surface area contributed by atoms with E-state index in [-0.39, 0.29) is 10.8 Å². The normalized spacial score (nSPS) is 11.5. The van der Waals surface area contributed by atoms with Crippen LogP contribution in [0.25, 0.3) is 0 Å². The molecule has 136 valence electrons. The first kappa shape index (κ1) is 19.4. The molecule has 6 nitrogen and oxygen atoms in total. The molecule has 0 saturated carbocycles. The van der Waals surface area contributed by atoms with Crippen molar-refractivity contribution in [3.8, 4) is 0 Å². The topological polar surface area (TPSA) is 78.5 Å². The molecule has 0 aliphatic heterocycles. The summed E-state index contributed by atoms with van der Waals surface area (Å²) < 4.78 is 26.5. The third kappa shape index (κ3) is 5.29. The van der Waals surface area contributed by atoms with Crippen molar-refractivity contribution in [1.29, 1.82) is 0 Å². The molecule has 1 aromatic carbocycles. The lowest BCUT2D eigenvalue weighted by Gasteiger charge is -2.27. The molecule has 2 N–H and O–H groups in total. The Hall–Kier alpha value is -1.90. The summed E-state index contributed by atoms with van der Waals surface area (Å²) in [6, 6.07) is 11.0. The second kappa shape index (κ2) is 8.46. The van der Waals surface area contributed by atoms with Gasteiger partial charge in [0.05, 0.1) is 6.54 Å². The SMILES string of the molecule is CCN(c1ccc(NC(=O)CNS(=O)(=O)c2cccs2)cc1)C(C)C. The minimum atomic E-state index is -3.63. The van der Waals surface area contributed by atoms with Crippen LogP contribution >= 0.6 is 11.3 Å². The van der Waals surface area contributed by atoms with Gasteiger partial charge in [-0.3, -0.25) is 4.79 Å². The lowest BCUT2D eigenvalue weighted by molar-refractivity contribution is -0.115. The number of nitrogens with one attached hydrogen (secondary N) is 2. The average molecular weight is 382 g/mol. The first-order valence-corrected chi connectivity index (χ1v) is 10.4. The number of amides is 1. The molecule has 0 atom stereocenters. The van der Waals surface area contributed by atoms with E-state index in [1.807, 2.05) is 24.3 Å². The maximum Gasteiger partial charge on any atom is 0.250 e. The molecule has 0 radical (unpaired) electrons. The van der Waals surface area contributed by atoms with E-state index < -0.39 is 15.9 Å². The number of rotatable bonds is 8. The van der Waals surface area contributed by atoms with Gasteiger partial charge in [-0.1, -0.05) is 6.07 Å². The Balaban J connectivity index is 1.93. The van der Waals surface area contributed by atoms with Gasteiger partial charge in [-0.05, 0) is 56.5 Å². The van der Waals surface area contributed by atoms with Crippen LogP contribution in [0.1, 0.15) is 20.8 Å². The van der Waals surface area contributed by atoms with Gasteiger partial charge in [-0.25, -0.2) is 13.1 Å². The molecule has 1 amide bonds. The highest BCUT2D eigenvalue weighted by molar-refractivity contribution is 7.91. The summed E-state index contributed by atoms with van der Waals surface area (Å²) >= 11 is 1.11. The predicted molar refractivity (Wildman–Crippen MR) is 103 cm³/mol. The van der Waals surface area contributed by atoms with Gasteiger partial charge in [-0.2, -0.15) is 0 Å². The van der Waals surface area contributed by atoms with Crippen molar-refractivity contribution < 1.29 is 13.2 Å². The van der Waals surface area contributed by atoms with Gasteiger partial charge in [-0.15, -0.1) is 11.3 Å². The van der Waals surface area contributed by atoms with E-state index >= 15 is 0 Å². The van der Waals surface area contributed by atoms with Gasteiger partial charge in [0.25, 0.3) is 10.0 Å². The first-order chi connectivity index (χ1) is 11.8. The molecule has 0 aliphatic carbocycles. The van der Waals surface area contributed by atoms with Crippen molar-refractivity contribution in [2.75, 3.05) is 23.3 Å². The Labute approximate surface area is 152 Å². The van der Waals surface area contributed by atoms with E-state index in [1.54, 1.807) is 11.4 Å². The lowest BCUT2D eigenvalue weighted by Crippen LogP contribution is -2.32. The smallest absolute Gasteiger partial charge is 0.250 e. The molecule has 2 rings (SSSR count). The molecule has 2 aromatic rings. The highest BCUT2D eigenvalue weighted by Gasteiger charge is 2.16. The molecular weight excluding hydrogens is 358 g/mol. The summed E-state index contributed by atoms with van der Waals surface area (Å²) in [5, 5.41) is 4.37. The third-order valence-corrected chi connectivity index (χ3v) is 6.43. The van der Waals surface area contributed by atoms with Gasteiger partial charge < -0.3 is 10.2 Å². The molecule has 8 heteroatoms. The minimum Gasteiger partial charge on any atom is -0.369 e. The fraction of sp³-hybridized carbons (Fsp3) is 0.353. The van der Waals surface area contributed by atoms with Crippen molar-refractivity contribution in [2.45, 2.75) is 31.0 Å². The number of hydrogen-bond donors (Lipinski definition) is 2. The second-order valence-corrected chi connectivity index (χ2v) is 8.67. The van der Waals surface area contributed by atoms with Crippen LogP contribution in [0.3, 0.4) is 0 Å². The van der Waals surface area contributed by atoms with Crippen LogP contribution in [0, 0.1) is 0 Å². The number of anilines is 2. The predicted octanol–water partition coefficient (Wildman–Crippen LogP) is 2.90. The monoisotopic (exact) mass is 381 g/mol. The largest absolute Gasteiger partial charge is 0.369 e. The maximum atomic E-state index is 12.0. The summed E-state index contributed by atoms with van der Waals surface area (Å²) in [5.41, 5.74) is 1.71. The Morgan fingerprint density at radius 1 is 1.20 bits per heavy atom. The van der Waals surface area contributed by atoms with Crippen LogP contribution in [0.4, 0.5) is 11.4 Å². The van der Waals surface area contributed by atoms with E-state index in [0.29, 0.717) is 11.7 Å². The fourth-order valence-corrected chi connectivity index (χ4v) is 4.46. The minimum absolute atomic E-state index is 0.193. The molecule has 0 fully saturated rings. The molecule has 25 heavy (non-hydrogen) atoms. The van der Waals surface area contributed by atoms with Crippen LogP contribution in [0.2, 0.25) is 0 Å². The lowest BCUT2D eigenvalue weighted by atomic mass is 10.2. The maximum absolute atomic E-state index is 12.0. The number of benzene rings is 1. The summed E-state index contributed by atoms with van der Waals surface area (Å²) in [5.74, 6) is -0.413. The number of sulfonamides is 1. The molecule has 0 unspecified atom stereocenters. The first-order valence-electron chi connectivity index (χ1n) is 8.03. The van der Waals surface area contributed by atoms with Gasteiger partial charge in [0.2, 0.25) is 5.91 Å². The zero-order valence-electron chi connectivity index (χ0n) is 14.5. The van der Waals surface area contributed by atoms with Crippen LogP contribution in [-0.4, -0.2) is 33.5 Å². The van der Waals surface area contributed by atoms with Gasteiger partial charge in [0.1, 0.15) is 4.21 Å². The molecule has 0 aliphatic rings. The number of carbonyl (C=O) groups excluding carboxylic acids is 1. The molecule has 0 bridgehead atoms. The van der Waals surface area contributed by atoms with Gasteiger partial charge >= 0.3 is 0 Å². The quantitative estimate of drug-likeness (QED) is 0.737. The van der Waals surface area contributed by atoms with E-state index in [9.17, 15) is 13.2 Å². The Morgan fingerprint density at radius 2 is 1.88 bits per heavy atom. The van der Waals surface area contributed by atoms with E-state index in [4.69, 9.17) is 0 Å². The Morgan fingerprint density at radius 3 is 2.40 bits per heavy atom. The molecular formula is C17H23N3O3S2. The van der Waals surface area contributed by atoms with Crippen LogP contribution in [0.15, 0.2) is 46.0 Å². The van der Waals surface area contributed by atoms with Crippen molar-refractivity contribution in [2.24, 2.45) is 0 Å². The van der Waals surface area contributed by atoms with Crippen LogP contribution in [0.5, 0.6) is 0 Å². The molecule has 1 aromatic heterocycles. The molecule has 1 heterocycles. The average Bonchev–Trinajstić information content (AvgIpc) is 3.10. The highest BCUT2D eigenvalue weighted by Crippen LogP contribution is 2.20. The van der Waals surface area contributed by atoms with Crippen LogP contribution in [-0.2, 0) is 14.8 Å². The van der Waals surface area contributed by atoms with Gasteiger partial charge in [0.15, 0.2) is 0 Å². The van der Waals surface area contributed by atoms with Crippen molar-refractivity contribution >= 4 is 38.6 Å². The molecule has 0 spiro atoms. The van der Waals surface area contributed by atoms with Crippen molar-refractivity contribution in [3.63, 3.8) is 0 Å². The number of carbonyl (C=O) groups is 1. The van der Waals surface area contributed by atoms with E-state index in [1.165, 1.54) is 6.07 Å². The number of thiophene rings is 1. The zero-order valence-corrected chi connectivity index (χ0v) is 16.2. The Bertz CT molecular complexity index is 785. The second-order valence-electron chi connectivity index (χ2n) is 5.73. The number of hydrogen-bond acceptors (Lipinski definition) is 5. The van der Waals surface area contributed by atoms with E-state index in [2.05, 4.69) is 35.7 Å². The zero-order chi connectivity index (χ0) is 18.4. The highest BCUT2D eigenvalue weighted by atomic mass is 32.2. The van der Waals surface area contributed by atoms with Crippen molar-refractivity contribution in [3.05, 3.63) is 41.8 Å². The summed E-state index contributed by atoms with van der Waals surface area (Å²) in [4.78, 5) is 14.2. The summed E-state index contributed by atoms with van der Waals surface area (Å²) in [6.07, 6.45) is 0. The molecule has 0 saturated heterocycles.